The maximum atomic E-state index is 11.6. The summed E-state index contributed by atoms with van der Waals surface area (Å²) in [5.74, 6) is 1.27. The van der Waals surface area contributed by atoms with Gasteiger partial charge in [-0.2, -0.15) is 0 Å². The van der Waals surface area contributed by atoms with Crippen LogP contribution >= 0.6 is 0 Å². The Bertz CT molecular complexity index is 450. The van der Waals surface area contributed by atoms with E-state index >= 15 is 0 Å². The molecule has 0 aliphatic carbocycles. The summed E-state index contributed by atoms with van der Waals surface area (Å²) < 4.78 is 5.24. The number of hydrogen-bond acceptors (Lipinski definition) is 5. The Labute approximate surface area is 125 Å². The van der Waals surface area contributed by atoms with Crippen molar-refractivity contribution in [3.63, 3.8) is 0 Å². The molecule has 0 spiro atoms. The van der Waals surface area contributed by atoms with E-state index in [1.807, 2.05) is 26.8 Å². The Balaban J connectivity index is 1.71. The lowest BCUT2D eigenvalue weighted by Gasteiger charge is -2.32. The molecule has 0 aromatic carbocycles. The Morgan fingerprint density at radius 2 is 1.95 bits per heavy atom. The summed E-state index contributed by atoms with van der Waals surface area (Å²) >= 11 is 0. The minimum Gasteiger partial charge on any atom is -0.444 e. The van der Waals surface area contributed by atoms with Crippen molar-refractivity contribution < 1.29 is 9.53 Å². The molecule has 0 unspecified atom stereocenters. The van der Waals surface area contributed by atoms with Gasteiger partial charge in [-0.25, -0.2) is 14.8 Å². The molecular weight excluding hydrogens is 268 g/mol. The van der Waals surface area contributed by atoms with Crippen LogP contribution in [-0.4, -0.2) is 41.3 Å². The van der Waals surface area contributed by atoms with Gasteiger partial charge in [0.15, 0.2) is 0 Å². The van der Waals surface area contributed by atoms with Crippen molar-refractivity contribution in [2.45, 2.75) is 39.2 Å². The number of ether oxygens (including phenoxy) is 1. The van der Waals surface area contributed by atoms with Crippen LogP contribution in [0.1, 0.15) is 33.6 Å². The quantitative estimate of drug-likeness (QED) is 0.925. The minimum absolute atomic E-state index is 0.337. The lowest BCUT2D eigenvalue weighted by atomic mass is 9.97. The van der Waals surface area contributed by atoms with Gasteiger partial charge in [-0.1, -0.05) is 0 Å². The third-order valence-corrected chi connectivity index (χ3v) is 3.38. The summed E-state index contributed by atoms with van der Waals surface area (Å²) in [6, 6.07) is 1.82. The van der Waals surface area contributed by atoms with Gasteiger partial charge in [0.2, 0.25) is 5.95 Å². The van der Waals surface area contributed by atoms with Crippen molar-refractivity contribution in [2.75, 3.05) is 24.5 Å². The first-order valence-corrected chi connectivity index (χ1v) is 7.43. The van der Waals surface area contributed by atoms with E-state index in [0.29, 0.717) is 12.5 Å². The van der Waals surface area contributed by atoms with Crippen molar-refractivity contribution in [1.29, 1.82) is 0 Å². The van der Waals surface area contributed by atoms with E-state index < -0.39 is 5.60 Å². The number of hydrogen-bond donors (Lipinski definition) is 1. The van der Waals surface area contributed by atoms with Crippen LogP contribution in [0.2, 0.25) is 0 Å². The monoisotopic (exact) mass is 292 g/mol. The molecule has 116 valence electrons. The van der Waals surface area contributed by atoms with Crippen molar-refractivity contribution >= 4 is 12.0 Å². The van der Waals surface area contributed by atoms with E-state index in [1.165, 1.54) is 0 Å². The number of anilines is 1. The lowest BCUT2D eigenvalue weighted by Crippen LogP contribution is -2.40. The number of nitrogens with zero attached hydrogens (tertiary/aromatic N) is 3. The van der Waals surface area contributed by atoms with Crippen molar-refractivity contribution in [1.82, 2.24) is 15.3 Å². The van der Waals surface area contributed by atoms with Gasteiger partial charge in [-0.05, 0) is 45.6 Å². The molecule has 1 aliphatic rings. The number of carbonyl (C=O) groups is 1. The fourth-order valence-electron chi connectivity index (χ4n) is 2.33. The van der Waals surface area contributed by atoms with Crippen LogP contribution in [0, 0.1) is 5.92 Å². The molecule has 1 N–H and O–H groups in total. The molecule has 1 saturated heterocycles. The lowest BCUT2D eigenvalue weighted by molar-refractivity contribution is 0.0517. The number of aromatic nitrogens is 2. The predicted molar refractivity (Wildman–Crippen MR) is 81.2 cm³/mol. The van der Waals surface area contributed by atoms with Crippen molar-refractivity contribution in [3.05, 3.63) is 18.5 Å². The van der Waals surface area contributed by atoms with Crippen LogP contribution in [0.3, 0.4) is 0 Å². The molecule has 1 amide bonds. The molecule has 0 saturated carbocycles. The fraction of sp³-hybridized carbons (Fsp3) is 0.667. The van der Waals surface area contributed by atoms with Gasteiger partial charge in [0.25, 0.3) is 0 Å². The van der Waals surface area contributed by atoms with Crippen molar-refractivity contribution in [2.24, 2.45) is 5.92 Å². The van der Waals surface area contributed by atoms with Crippen molar-refractivity contribution in [3.8, 4) is 0 Å². The van der Waals surface area contributed by atoms with Gasteiger partial charge in [-0.3, -0.25) is 0 Å². The third kappa shape index (κ3) is 5.21. The summed E-state index contributed by atoms with van der Waals surface area (Å²) in [5, 5.41) is 2.85. The van der Waals surface area contributed by atoms with E-state index in [-0.39, 0.29) is 6.09 Å². The highest BCUT2D eigenvalue weighted by Gasteiger charge is 2.22. The van der Waals surface area contributed by atoms with Crippen LogP contribution in [0.4, 0.5) is 10.7 Å². The molecule has 0 radical (unpaired) electrons. The molecule has 6 nitrogen and oxygen atoms in total. The van der Waals surface area contributed by atoms with E-state index in [1.54, 1.807) is 12.4 Å². The molecule has 1 aromatic heterocycles. The standard InChI is InChI=1S/C15H24N4O2/c1-15(2,3)21-14(20)18-11-12-5-9-19(10-6-12)13-16-7-4-8-17-13/h4,7-8,12H,5-6,9-11H2,1-3H3,(H,18,20). The summed E-state index contributed by atoms with van der Waals surface area (Å²) in [4.78, 5) is 22.3. The van der Waals surface area contributed by atoms with Gasteiger partial charge in [0.1, 0.15) is 5.60 Å². The molecule has 0 bridgehead atoms. The number of rotatable bonds is 3. The summed E-state index contributed by atoms with van der Waals surface area (Å²) in [6.07, 6.45) is 5.23. The summed E-state index contributed by atoms with van der Waals surface area (Å²) in [6.45, 7) is 8.11. The smallest absolute Gasteiger partial charge is 0.407 e. The SMILES string of the molecule is CC(C)(C)OC(=O)NCC1CCN(c2ncccn2)CC1. The van der Waals surface area contributed by atoms with Gasteiger partial charge in [0.05, 0.1) is 0 Å². The van der Waals surface area contributed by atoms with Crippen LogP contribution in [0.15, 0.2) is 18.5 Å². The Hall–Kier alpha value is -1.85. The number of nitrogens with one attached hydrogen (secondary N) is 1. The fourth-order valence-corrected chi connectivity index (χ4v) is 2.33. The maximum Gasteiger partial charge on any atom is 0.407 e. The minimum atomic E-state index is -0.446. The highest BCUT2D eigenvalue weighted by atomic mass is 16.6. The zero-order chi connectivity index (χ0) is 15.3. The second-order valence-electron chi connectivity index (χ2n) is 6.36. The zero-order valence-corrected chi connectivity index (χ0v) is 13.0. The summed E-state index contributed by atoms with van der Waals surface area (Å²) in [7, 11) is 0. The topological polar surface area (TPSA) is 67.3 Å². The highest BCUT2D eigenvalue weighted by molar-refractivity contribution is 5.67. The Morgan fingerprint density at radius 1 is 1.33 bits per heavy atom. The van der Waals surface area contributed by atoms with E-state index in [0.717, 1.165) is 31.9 Å². The largest absolute Gasteiger partial charge is 0.444 e. The van der Waals surface area contributed by atoms with Crippen LogP contribution in [0.5, 0.6) is 0 Å². The summed E-state index contributed by atoms with van der Waals surface area (Å²) in [5.41, 5.74) is -0.446. The number of amides is 1. The number of piperidine rings is 1. The van der Waals surface area contributed by atoms with Gasteiger partial charge in [-0.15, -0.1) is 0 Å². The molecule has 21 heavy (non-hydrogen) atoms. The second kappa shape index (κ2) is 6.74. The molecule has 2 heterocycles. The first kappa shape index (κ1) is 15.5. The zero-order valence-electron chi connectivity index (χ0n) is 13.0. The van der Waals surface area contributed by atoms with Gasteiger partial charge < -0.3 is 15.0 Å². The normalized spacial score (nSPS) is 16.6. The van der Waals surface area contributed by atoms with Crippen LogP contribution in [0.25, 0.3) is 0 Å². The van der Waals surface area contributed by atoms with E-state index in [2.05, 4.69) is 20.2 Å². The van der Waals surface area contributed by atoms with E-state index in [4.69, 9.17) is 4.74 Å². The van der Waals surface area contributed by atoms with Crippen LogP contribution < -0.4 is 10.2 Å². The molecule has 6 heteroatoms. The first-order chi connectivity index (χ1) is 9.94. The molecule has 1 aromatic rings. The van der Waals surface area contributed by atoms with E-state index in [9.17, 15) is 4.79 Å². The first-order valence-electron chi connectivity index (χ1n) is 7.43. The Kier molecular flexibility index (Phi) is 4.98. The van der Waals surface area contributed by atoms with Gasteiger partial charge in [0, 0.05) is 32.0 Å². The molecule has 1 aliphatic heterocycles. The molecule has 1 fully saturated rings. The molecular formula is C15H24N4O2. The second-order valence-corrected chi connectivity index (χ2v) is 6.36. The predicted octanol–water partition coefficient (Wildman–Crippen LogP) is 2.22. The molecule has 0 atom stereocenters. The number of carbonyl (C=O) groups excluding carboxylic acids is 1. The average Bonchev–Trinajstić information content (AvgIpc) is 2.45. The third-order valence-electron chi connectivity index (χ3n) is 3.38. The maximum absolute atomic E-state index is 11.6. The van der Waals surface area contributed by atoms with Crippen LogP contribution in [-0.2, 0) is 4.74 Å². The molecule has 2 rings (SSSR count). The Morgan fingerprint density at radius 3 is 2.52 bits per heavy atom. The number of alkyl carbamates (subject to hydrolysis) is 1. The highest BCUT2D eigenvalue weighted by Crippen LogP contribution is 2.19. The average molecular weight is 292 g/mol. The van der Waals surface area contributed by atoms with Gasteiger partial charge >= 0.3 is 6.09 Å².